The Morgan fingerprint density at radius 3 is 1.94 bits per heavy atom. The van der Waals surface area contributed by atoms with Crippen LogP contribution in [-0.2, 0) is 17.3 Å². The van der Waals surface area contributed by atoms with Crippen molar-refractivity contribution in [3.05, 3.63) is 222 Å². The van der Waals surface area contributed by atoms with E-state index in [9.17, 15) is 0 Å². The molecule has 8 aromatic carbocycles. The van der Waals surface area contributed by atoms with E-state index in [-0.39, 0.29) is 10.8 Å². The highest BCUT2D eigenvalue weighted by atomic mass is 15.1. The Bertz CT molecular complexity index is 3300. The average molecular weight is 797 g/mol. The lowest BCUT2D eigenvalue weighted by Gasteiger charge is -2.30. The van der Waals surface area contributed by atoms with Crippen LogP contribution in [0.4, 0.5) is 17.1 Å². The summed E-state index contributed by atoms with van der Waals surface area (Å²) in [7, 11) is 0. The van der Waals surface area contributed by atoms with E-state index in [1.165, 1.54) is 94.6 Å². The van der Waals surface area contributed by atoms with E-state index >= 15 is 0 Å². The molecule has 298 valence electrons. The molecular formula is C60H48N2. The summed E-state index contributed by atoms with van der Waals surface area (Å²) in [4.78, 5) is 2.49. The number of hydrogen-bond donors (Lipinski definition) is 0. The molecule has 3 aliphatic carbocycles. The number of nitrogens with zero attached hydrogens (tertiary/aromatic N) is 2. The first kappa shape index (κ1) is 36.7. The second-order valence-corrected chi connectivity index (χ2v) is 18.4. The fourth-order valence-electron chi connectivity index (χ4n) is 11.2. The molecule has 9 aromatic rings. The quantitative estimate of drug-likeness (QED) is 0.163. The van der Waals surface area contributed by atoms with Crippen molar-refractivity contribution < 1.29 is 0 Å². The minimum absolute atomic E-state index is 0.0723. The van der Waals surface area contributed by atoms with Crippen molar-refractivity contribution in [1.82, 2.24) is 4.57 Å². The molecule has 3 aliphatic rings. The van der Waals surface area contributed by atoms with Gasteiger partial charge < -0.3 is 9.47 Å². The molecule has 62 heavy (non-hydrogen) atoms. The summed E-state index contributed by atoms with van der Waals surface area (Å²) in [6.07, 6.45) is 6.73. The van der Waals surface area contributed by atoms with Gasteiger partial charge >= 0.3 is 0 Å². The van der Waals surface area contributed by atoms with Crippen LogP contribution in [0.1, 0.15) is 67.6 Å². The van der Waals surface area contributed by atoms with Gasteiger partial charge in [0.1, 0.15) is 0 Å². The smallest absolute Gasteiger partial charge is 0.0540 e. The van der Waals surface area contributed by atoms with E-state index in [4.69, 9.17) is 0 Å². The summed E-state index contributed by atoms with van der Waals surface area (Å²) in [5.41, 5.74) is 24.2. The lowest BCUT2D eigenvalue weighted by Crippen LogP contribution is -2.15. The first-order chi connectivity index (χ1) is 30.3. The van der Waals surface area contributed by atoms with Crippen LogP contribution >= 0.6 is 0 Å². The third-order valence-electron chi connectivity index (χ3n) is 14.3. The molecule has 0 radical (unpaired) electrons. The SMILES string of the molecule is CC1(C)c2ccccc2-c2cc(N(c3ccc(-c4cccc(-n5c6c(c7ccccc75)C=CCC6)c4)cc3)c3ccccc3-c3cccc4c3-c3ccccc3C4(C)C)ccc21. The Labute approximate surface area is 365 Å². The third kappa shape index (κ3) is 5.36. The highest BCUT2D eigenvalue weighted by molar-refractivity contribution is 5.99. The Hall–Kier alpha value is -7.16. The van der Waals surface area contributed by atoms with Crippen LogP contribution in [-0.4, -0.2) is 4.57 Å². The van der Waals surface area contributed by atoms with Crippen LogP contribution in [0, 0.1) is 0 Å². The zero-order valence-corrected chi connectivity index (χ0v) is 35.8. The summed E-state index contributed by atoms with van der Waals surface area (Å²) < 4.78 is 2.48. The van der Waals surface area contributed by atoms with Gasteiger partial charge in [-0.1, -0.05) is 173 Å². The monoisotopic (exact) mass is 796 g/mol. The molecule has 1 aromatic heterocycles. The lowest BCUT2D eigenvalue weighted by molar-refractivity contribution is 0.660. The number of fused-ring (bicyclic) bond motifs is 9. The molecule has 0 saturated heterocycles. The number of benzene rings is 8. The van der Waals surface area contributed by atoms with Gasteiger partial charge in [-0.05, 0) is 123 Å². The molecule has 0 amide bonds. The average Bonchev–Trinajstić information content (AvgIpc) is 3.86. The van der Waals surface area contributed by atoms with Crippen LogP contribution in [0.2, 0.25) is 0 Å². The second kappa shape index (κ2) is 13.7. The molecule has 12 rings (SSSR count). The van der Waals surface area contributed by atoms with E-state index in [2.05, 4.69) is 231 Å². The maximum atomic E-state index is 2.49. The first-order valence-electron chi connectivity index (χ1n) is 22.2. The highest BCUT2D eigenvalue weighted by Gasteiger charge is 2.38. The van der Waals surface area contributed by atoms with Gasteiger partial charge in [-0.15, -0.1) is 0 Å². The number of rotatable bonds is 6. The number of anilines is 3. The number of aromatic nitrogens is 1. The van der Waals surface area contributed by atoms with Crippen molar-refractivity contribution >= 4 is 34.0 Å². The van der Waals surface area contributed by atoms with Crippen LogP contribution in [0.5, 0.6) is 0 Å². The van der Waals surface area contributed by atoms with Crippen molar-refractivity contribution in [2.75, 3.05) is 4.90 Å². The Kier molecular flexibility index (Phi) is 8.09. The molecule has 1 heterocycles. The van der Waals surface area contributed by atoms with Crippen molar-refractivity contribution in [2.45, 2.75) is 51.4 Å². The van der Waals surface area contributed by atoms with Gasteiger partial charge in [-0.25, -0.2) is 0 Å². The van der Waals surface area contributed by atoms with E-state index in [1.54, 1.807) is 0 Å². The largest absolute Gasteiger partial charge is 0.313 e. The van der Waals surface area contributed by atoms with Crippen molar-refractivity contribution in [3.8, 4) is 50.2 Å². The first-order valence-corrected chi connectivity index (χ1v) is 22.2. The topological polar surface area (TPSA) is 8.17 Å². The fourth-order valence-corrected chi connectivity index (χ4v) is 11.2. The number of para-hydroxylation sites is 2. The molecule has 0 atom stereocenters. The van der Waals surface area contributed by atoms with E-state index in [0.29, 0.717) is 0 Å². The van der Waals surface area contributed by atoms with Crippen molar-refractivity contribution in [1.29, 1.82) is 0 Å². The van der Waals surface area contributed by atoms with Crippen LogP contribution in [0.25, 0.3) is 67.2 Å². The minimum Gasteiger partial charge on any atom is -0.313 e. The minimum atomic E-state index is -0.0886. The molecule has 0 N–H and O–H groups in total. The van der Waals surface area contributed by atoms with E-state index < -0.39 is 0 Å². The van der Waals surface area contributed by atoms with Gasteiger partial charge in [-0.3, -0.25) is 0 Å². The Balaban J connectivity index is 1.02. The summed E-state index contributed by atoms with van der Waals surface area (Å²) in [6, 6.07) is 68.2. The van der Waals surface area contributed by atoms with Gasteiger partial charge in [0.05, 0.1) is 11.2 Å². The second-order valence-electron chi connectivity index (χ2n) is 18.4. The highest BCUT2D eigenvalue weighted by Crippen LogP contribution is 2.55. The molecule has 0 bridgehead atoms. The predicted molar refractivity (Wildman–Crippen MR) is 261 cm³/mol. The fraction of sp³-hybridized carbons (Fsp3) is 0.133. The zero-order valence-electron chi connectivity index (χ0n) is 35.8. The zero-order chi connectivity index (χ0) is 41.7. The molecule has 0 unspecified atom stereocenters. The molecule has 2 heteroatoms. The van der Waals surface area contributed by atoms with Crippen molar-refractivity contribution in [3.63, 3.8) is 0 Å². The molecule has 2 nitrogen and oxygen atoms in total. The van der Waals surface area contributed by atoms with Gasteiger partial charge in [0.25, 0.3) is 0 Å². The molecule has 0 saturated carbocycles. The maximum Gasteiger partial charge on any atom is 0.0540 e. The third-order valence-corrected chi connectivity index (χ3v) is 14.3. The summed E-state index contributed by atoms with van der Waals surface area (Å²) in [5.74, 6) is 0. The van der Waals surface area contributed by atoms with Gasteiger partial charge in [-0.2, -0.15) is 0 Å². The van der Waals surface area contributed by atoms with E-state index in [1.807, 2.05) is 0 Å². The van der Waals surface area contributed by atoms with Crippen LogP contribution < -0.4 is 4.90 Å². The Morgan fingerprint density at radius 1 is 0.468 bits per heavy atom. The van der Waals surface area contributed by atoms with Crippen LogP contribution in [0.15, 0.2) is 188 Å². The lowest BCUT2D eigenvalue weighted by atomic mass is 9.82. The standard InChI is InChI=1S/C60H48N2/c1-59(2)51-25-10-5-19-44(51)50-38-43(35-36-53(50)59)61(55-28-12-9-22-47(55)48-24-16-27-54-58(48)49-23-6-11-26-52(49)60(54,3)4)41-33-31-39(32-34-41)40-17-15-18-42(37-40)62-56-29-13-7-20-45(56)46-21-8-14-30-57(46)62/h5-13,15-29,31-38H,14,30H2,1-4H3. The Morgan fingerprint density at radius 2 is 1.10 bits per heavy atom. The summed E-state index contributed by atoms with van der Waals surface area (Å²) >= 11 is 0. The number of hydrogen-bond acceptors (Lipinski definition) is 1. The van der Waals surface area contributed by atoms with E-state index in [0.717, 1.165) is 29.9 Å². The van der Waals surface area contributed by atoms with Gasteiger partial charge in [0.2, 0.25) is 0 Å². The van der Waals surface area contributed by atoms with Gasteiger partial charge in [0.15, 0.2) is 0 Å². The summed E-state index contributed by atoms with van der Waals surface area (Å²) in [5, 5.41) is 1.32. The molecular weight excluding hydrogens is 749 g/mol. The molecule has 0 spiro atoms. The predicted octanol–water partition coefficient (Wildman–Crippen LogP) is 16.0. The molecule has 0 fully saturated rings. The maximum absolute atomic E-state index is 2.49. The van der Waals surface area contributed by atoms with Crippen molar-refractivity contribution in [2.24, 2.45) is 0 Å². The normalized spacial score (nSPS) is 14.8. The number of allylic oxidation sites excluding steroid dienone is 1. The summed E-state index contributed by atoms with van der Waals surface area (Å²) in [6.45, 7) is 9.45. The molecule has 0 aliphatic heterocycles. The van der Waals surface area contributed by atoms with Gasteiger partial charge in [0, 0.05) is 50.1 Å². The van der Waals surface area contributed by atoms with Crippen LogP contribution in [0.3, 0.4) is 0 Å².